The second-order valence-electron chi connectivity index (χ2n) is 5.69. The molecular weight excluding hydrogens is 270 g/mol. The molecule has 0 aromatic heterocycles. The van der Waals surface area contributed by atoms with Crippen LogP contribution in [0.25, 0.3) is 0 Å². The number of carboxylic acids is 1. The molecule has 0 bridgehead atoms. The fraction of sp³-hybridized carbons (Fsp3) is 0.375. The normalized spacial score (nSPS) is 14.7. The van der Waals surface area contributed by atoms with Gasteiger partial charge in [-0.25, -0.2) is 4.79 Å². The predicted octanol–water partition coefficient (Wildman–Crippen LogP) is 2.29. The van der Waals surface area contributed by atoms with Gasteiger partial charge in [-0.05, 0) is 26.3 Å². The number of carbonyl (C=O) groups is 2. The van der Waals surface area contributed by atoms with E-state index in [0.717, 1.165) is 11.6 Å². The minimum absolute atomic E-state index is 0.545. The van der Waals surface area contributed by atoms with Crippen LogP contribution in [0, 0.1) is 5.92 Å². The Balaban J connectivity index is 3.02. The summed E-state index contributed by atoms with van der Waals surface area (Å²) in [6, 6.07) is 8.36. The molecule has 3 N–H and O–H groups in total. The summed E-state index contributed by atoms with van der Waals surface area (Å²) in [7, 11) is 0. The monoisotopic (exact) mass is 291 g/mol. The van der Waals surface area contributed by atoms with E-state index in [1.165, 1.54) is 6.08 Å². The lowest BCUT2D eigenvalue weighted by Crippen LogP contribution is -2.33. The van der Waals surface area contributed by atoms with Gasteiger partial charge in [0.15, 0.2) is 0 Å². The van der Waals surface area contributed by atoms with Gasteiger partial charge in [-0.3, -0.25) is 4.79 Å². The third-order valence-electron chi connectivity index (χ3n) is 2.70. The number of esters is 1. The van der Waals surface area contributed by atoms with Crippen LogP contribution in [0.5, 0.6) is 0 Å². The topological polar surface area (TPSA) is 89.6 Å². The molecule has 0 aliphatic carbocycles. The number of ether oxygens (including phenoxy) is 1. The van der Waals surface area contributed by atoms with E-state index in [4.69, 9.17) is 15.6 Å². The quantitative estimate of drug-likeness (QED) is 0.641. The van der Waals surface area contributed by atoms with Gasteiger partial charge in [-0.2, -0.15) is 0 Å². The number of carbonyl (C=O) groups excluding carboxylic acids is 1. The first-order valence-electron chi connectivity index (χ1n) is 6.65. The van der Waals surface area contributed by atoms with E-state index >= 15 is 0 Å². The number of benzene rings is 1. The minimum Gasteiger partial charge on any atom is -0.478 e. The van der Waals surface area contributed by atoms with Crippen LogP contribution in [0.1, 0.15) is 32.4 Å². The van der Waals surface area contributed by atoms with Gasteiger partial charge < -0.3 is 15.6 Å². The Labute approximate surface area is 124 Å². The van der Waals surface area contributed by atoms with Crippen LogP contribution in [0.4, 0.5) is 0 Å². The van der Waals surface area contributed by atoms with Gasteiger partial charge in [0.05, 0.1) is 5.92 Å². The van der Waals surface area contributed by atoms with E-state index in [2.05, 4.69) is 0 Å². The number of carboxylic acid groups (broad SMARTS) is 1. The Morgan fingerprint density at radius 2 is 1.81 bits per heavy atom. The summed E-state index contributed by atoms with van der Waals surface area (Å²) >= 11 is 0. The van der Waals surface area contributed by atoms with E-state index in [1.54, 1.807) is 32.9 Å². The molecule has 114 valence electrons. The third kappa shape index (κ3) is 5.79. The molecule has 1 aromatic rings. The van der Waals surface area contributed by atoms with Crippen LogP contribution >= 0.6 is 0 Å². The lowest BCUT2D eigenvalue weighted by atomic mass is 9.93. The molecule has 0 spiro atoms. The smallest absolute Gasteiger partial charge is 0.328 e. The van der Waals surface area contributed by atoms with Gasteiger partial charge in [0.1, 0.15) is 5.60 Å². The summed E-state index contributed by atoms with van der Waals surface area (Å²) in [5.74, 6) is -2.54. The summed E-state index contributed by atoms with van der Waals surface area (Å²) < 4.78 is 5.31. The average Bonchev–Trinajstić information content (AvgIpc) is 2.37. The standard InChI is InChI=1S/C16H21NO4/c1-16(2,3)21-15(20)12(9-10-13(18)19)14(17)11-7-5-4-6-8-11/h4-10,12,14H,17H2,1-3H3,(H,18,19)/b10-9+. The van der Waals surface area contributed by atoms with E-state index in [1.807, 2.05) is 18.2 Å². The molecule has 0 radical (unpaired) electrons. The second-order valence-corrected chi connectivity index (χ2v) is 5.69. The lowest BCUT2D eigenvalue weighted by Gasteiger charge is -2.25. The predicted molar refractivity (Wildman–Crippen MR) is 79.5 cm³/mol. The molecule has 0 amide bonds. The molecule has 21 heavy (non-hydrogen) atoms. The van der Waals surface area contributed by atoms with Crippen LogP contribution < -0.4 is 5.73 Å². The van der Waals surface area contributed by atoms with Gasteiger partial charge >= 0.3 is 11.9 Å². The van der Waals surface area contributed by atoms with Gasteiger partial charge in [0.2, 0.25) is 0 Å². The van der Waals surface area contributed by atoms with Gasteiger partial charge in [-0.1, -0.05) is 36.4 Å². The number of nitrogens with two attached hydrogens (primary N) is 1. The molecule has 5 nitrogen and oxygen atoms in total. The van der Waals surface area contributed by atoms with Crippen molar-refractivity contribution in [2.75, 3.05) is 0 Å². The maximum atomic E-state index is 12.2. The Kier molecular flexibility index (Phi) is 5.67. The van der Waals surface area contributed by atoms with Crippen LogP contribution in [0.2, 0.25) is 0 Å². The number of hydrogen-bond acceptors (Lipinski definition) is 4. The van der Waals surface area contributed by atoms with E-state index < -0.39 is 29.5 Å². The highest BCUT2D eigenvalue weighted by molar-refractivity contribution is 5.82. The van der Waals surface area contributed by atoms with Crippen LogP contribution in [-0.2, 0) is 14.3 Å². The van der Waals surface area contributed by atoms with Gasteiger partial charge in [-0.15, -0.1) is 0 Å². The van der Waals surface area contributed by atoms with E-state index in [0.29, 0.717) is 0 Å². The highest BCUT2D eigenvalue weighted by Gasteiger charge is 2.29. The fourth-order valence-electron chi connectivity index (χ4n) is 1.78. The Bertz CT molecular complexity index is 517. The highest BCUT2D eigenvalue weighted by atomic mass is 16.6. The van der Waals surface area contributed by atoms with E-state index in [-0.39, 0.29) is 0 Å². The van der Waals surface area contributed by atoms with Crippen molar-refractivity contribution in [1.82, 2.24) is 0 Å². The molecule has 1 aromatic carbocycles. The largest absolute Gasteiger partial charge is 0.478 e. The molecule has 0 saturated carbocycles. The van der Waals surface area contributed by atoms with Crippen molar-refractivity contribution in [3.05, 3.63) is 48.0 Å². The fourth-order valence-corrected chi connectivity index (χ4v) is 1.78. The van der Waals surface area contributed by atoms with Crippen molar-refractivity contribution in [2.45, 2.75) is 32.4 Å². The molecule has 1 rings (SSSR count). The maximum absolute atomic E-state index is 12.2. The van der Waals surface area contributed by atoms with Crippen LogP contribution in [0.15, 0.2) is 42.5 Å². The molecule has 2 unspecified atom stereocenters. The Hall–Kier alpha value is -2.14. The summed E-state index contributed by atoms with van der Waals surface area (Å²) in [6.45, 7) is 5.24. The zero-order chi connectivity index (χ0) is 16.0. The Morgan fingerprint density at radius 1 is 1.24 bits per heavy atom. The Morgan fingerprint density at radius 3 is 2.29 bits per heavy atom. The zero-order valence-corrected chi connectivity index (χ0v) is 12.4. The van der Waals surface area contributed by atoms with E-state index in [9.17, 15) is 9.59 Å². The molecule has 0 fully saturated rings. The van der Waals surface area contributed by atoms with Crippen LogP contribution in [0.3, 0.4) is 0 Å². The van der Waals surface area contributed by atoms with Crippen molar-refractivity contribution in [3.63, 3.8) is 0 Å². The lowest BCUT2D eigenvalue weighted by molar-refractivity contribution is -0.158. The number of hydrogen-bond donors (Lipinski definition) is 2. The van der Waals surface area contributed by atoms with Gasteiger partial charge in [0.25, 0.3) is 0 Å². The van der Waals surface area contributed by atoms with Gasteiger partial charge in [0, 0.05) is 12.1 Å². The molecule has 0 aliphatic rings. The van der Waals surface area contributed by atoms with Crippen molar-refractivity contribution in [2.24, 2.45) is 11.7 Å². The zero-order valence-electron chi connectivity index (χ0n) is 12.4. The molecule has 5 heteroatoms. The van der Waals surface area contributed by atoms with Crippen molar-refractivity contribution >= 4 is 11.9 Å². The van der Waals surface area contributed by atoms with Crippen molar-refractivity contribution in [1.29, 1.82) is 0 Å². The first kappa shape index (κ1) is 16.9. The first-order valence-corrected chi connectivity index (χ1v) is 6.65. The molecular formula is C16H21NO4. The van der Waals surface area contributed by atoms with Crippen molar-refractivity contribution < 1.29 is 19.4 Å². The van der Waals surface area contributed by atoms with Crippen molar-refractivity contribution in [3.8, 4) is 0 Å². The molecule has 0 heterocycles. The molecule has 0 saturated heterocycles. The summed E-state index contributed by atoms with van der Waals surface area (Å²) in [6.07, 6.45) is 2.19. The number of rotatable bonds is 5. The molecule has 0 aliphatic heterocycles. The minimum atomic E-state index is -1.14. The maximum Gasteiger partial charge on any atom is 0.328 e. The summed E-state index contributed by atoms with van der Waals surface area (Å²) in [5.41, 5.74) is 6.18. The summed E-state index contributed by atoms with van der Waals surface area (Å²) in [4.78, 5) is 22.9. The highest BCUT2D eigenvalue weighted by Crippen LogP contribution is 2.24. The van der Waals surface area contributed by atoms with Crippen LogP contribution in [-0.4, -0.2) is 22.6 Å². The average molecular weight is 291 g/mol. The molecule has 2 atom stereocenters. The third-order valence-corrected chi connectivity index (χ3v) is 2.70. The number of aliphatic carboxylic acids is 1. The SMILES string of the molecule is CC(C)(C)OC(=O)C(/C=C/C(=O)O)C(N)c1ccccc1. The summed E-state index contributed by atoms with van der Waals surface area (Å²) in [5, 5.41) is 8.75. The second kappa shape index (κ2) is 7.04. The first-order chi connectivity index (χ1) is 9.70.